The summed E-state index contributed by atoms with van der Waals surface area (Å²) in [6.45, 7) is 3.69. The molecule has 2 heterocycles. The van der Waals surface area contributed by atoms with Crippen molar-refractivity contribution >= 4 is 23.4 Å². The smallest absolute Gasteiger partial charge is 0.245 e. The lowest BCUT2D eigenvalue weighted by atomic mass is 9.95. The fourth-order valence-corrected chi connectivity index (χ4v) is 4.38. The maximum atomic E-state index is 13.4. The first kappa shape index (κ1) is 21.8. The maximum Gasteiger partial charge on any atom is 0.245 e. The molecule has 0 radical (unpaired) electrons. The zero-order valence-corrected chi connectivity index (χ0v) is 18.3. The Morgan fingerprint density at radius 2 is 1.84 bits per heavy atom. The number of hydrogen-bond donors (Lipinski definition) is 3. The van der Waals surface area contributed by atoms with Gasteiger partial charge in [-0.2, -0.15) is 0 Å². The van der Waals surface area contributed by atoms with Crippen molar-refractivity contribution < 1.29 is 9.59 Å². The van der Waals surface area contributed by atoms with E-state index in [1.807, 2.05) is 41.3 Å². The summed E-state index contributed by atoms with van der Waals surface area (Å²) in [6.07, 6.45) is 1.97. The van der Waals surface area contributed by atoms with Gasteiger partial charge in [0.05, 0.1) is 6.04 Å². The average Bonchev–Trinajstić information content (AvgIpc) is 3.09. The van der Waals surface area contributed by atoms with Crippen molar-refractivity contribution in [3.63, 3.8) is 0 Å². The minimum atomic E-state index is -0.606. The van der Waals surface area contributed by atoms with Gasteiger partial charge in [0.25, 0.3) is 0 Å². The van der Waals surface area contributed by atoms with Gasteiger partial charge >= 0.3 is 0 Å². The molecule has 2 atom stereocenters. The van der Waals surface area contributed by atoms with Crippen molar-refractivity contribution in [3.8, 4) is 0 Å². The normalized spacial score (nSPS) is 19.8. The summed E-state index contributed by atoms with van der Waals surface area (Å²) in [4.78, 5) is 28.4. The van der Waals surface area contributed by atoms with E-state index in [-0.39, 0.29) is 17.9 Å². The Labute approximate surface area is 188 Å². The Kier molecular flexibility index (Phi) is 7.22. The van der Waals surface area contributed by atoms with E-state index in [4.69, 9.17) is 11.6 Å². The Balaban J connectivity index is 1.48. The van der Waals surface area contributed by atoms with E-state index >= 15 is 0 Å². The van der Waals surface area contributed by atoms with E-state index in [1.54, 1.807) is 0 Å². The van der Waals surface area contributed by atoms with E-state index in [0.717, 1.165) is 25.1 Å². The van der Waals surface area contributed by atoms with Gasteiger partial charge in [-0.05, 0) is 48.2 Å². The second-order valence-electron chi connectivity index (χ2n) is 8.23. The summed E-state index contributed by atoms with van der Waals surface area (Å²) in [6, 6.07) is 14.7. The van der Waals surface area contributed by atoms with Gasteiger partial charge in [0.15, 0.2) is 0 Å². The molecular formula is C24H29ClN4O2. The van der Waals surface area contributed by atoms with Crippen LogP contribution in [0.3, 0.4) is 0 Å². The quantitative estimate of drug-likeness (QED) is 0.664. The Bertz CT molecular complexity index is 910. The number of halogens is 1. The van der Waals surface area contributed by atoms with Crippen LogP contribution in [0, 0.1) is 0 Å². The Hall–Kier alpha value is -2.41. The van der Waals surface area contributed by atoms with Crippen molar-refractivity contribution in [3.05, 3.63) is 70.2 Å². The molecule has 2 aliphatic heterocycles. The van der Waals surface area contributed by atoms with Gasteiger partial charge in [-0.15, -0.1) is 0 Å². The summed E-state index contributed by atoms with van der Waals surface area (Å²) in [5, 5.41) is 10.3. The van der Waals surface area contributed by atoms with Crippen LogP contribution in [0.2, 0.25) is 5.02 Å². The molecule has 0 bridgehead atoms. The fourth-order valence-electron chi connectivity index (χ4n) is 4.25. The van der Waals surface area contributed by atoms with Crippen molar-refractivity contribution in [2.75, 3.05) is 26.2 Å². The van der Waals surface area contributed by atoms with E-state index in [0.29, 0.717) is 37.5 Å². The molecule has 2 amide bonds. The molecule has 4 rings (SSSR count). The number of rotatable bonds is 5. The van der Waals surface area contributed by atoms with Crippen molar-refractivity contribution in [2.45, 2.75) is 37.9 Å². The Morgan fingerprint density at radius 1 is 1.06 bits per heavy atom. The zero-order valence-electron chi connectivity index (χ0n) is 17.6. The van der Waals surface area contributed by atoms with E-state index < -0.39 is 6.04 Å². The molecule has 1 saturated heterocycles. The van der Waals surface area contributed by atoms with Gasteiger partial charge < -0.3 is 20.9 Å². The van der Waals surface area contributed by atoms with Crippen molar-refractivity contribution in [2.24, 2.45) is 0 Å². The van der Waals surface area contributed by atoms with Crippen molar-refractivity contribution in [1.82, 2.24) is 20.9 Å². The number of benzene rings is 2. The van der Waals surface area contributed by atoms with Gasteiger partial charge in [0.2, 0.25) is 11.8 Å². The van der Waals surface area contributed by atoms with E-state index in [9.17, 15) is 9.59 Å². The minimum Gasteiger partial charge on any atom is -0.343 e. The molecule has 2 unspecified atom stereocenters. The van der Waals surface area contributed by atoms with E-state index in [1.165, 1.54) is 11.1 Å². The molecular weight excluding hydrogens is 412 g/mol. The third-order valence-corrected chi connectivity index (χ3v) is 6.27. The summed E-state index contributed by atoms with van der Waals surface area (Å²) in [5.41, 5.74) is 3.37. The highest BCUT2D eigenvalue weighted by molar-refractivity contribution is 6.30. The number of carbonyl (C=O) groups is 2. The lowest BCUT2D eigenvalue weighted by molar-refractivity contribution is -0.136. The van der Waals surface area contributed by atoms with Crippen LogP contribution in [-0.4, -0.2) is 55.0 Å². The molecule has 2 aliphatic rings. The third kappa shape index (κ3) is 5.64. The summed E-state index contributed by atoms with van der Waals surface area (Å²) >= 11 is 6.02. The maximum absolute atomic E-state index is 13.4. The topological polar surface area (TPSA) is 73.5 Å². The lowest BCUT2D eigenvalue weighted by Crippen LogP contribution is -2.56. The van der Waals surface area contributed by atoms with Gasteiger partial charge in [-0.3, -0.25) is 9.59 Å². The second-order valence-corrected chi connectivity index (χ2v) is 8.66. The number of carbonyl (C=O) groups excluding carboxylic acids is 2. The molecule has 7 heteroatoms. The zero-order chi connectivity index (χ0) is 21.6. The summed E-state index contributed by atoms with van der Waals surface area (Å²) in [7, 11) is 0. The van der Waals surface area contributed by atoms with Crippen LogP contribution < -0.4 is 16.0 Å². The second kappa shape index (κ2) is 10.3. The van der Waals surface area contributed by atoms with Crippen LogP contribution in [0.5, 0.6) is 0 Å². The molecule has 0 aliphatic carbocycles. The molecule has 31 heavy (non-hydrogen) atoms. The predicted molar refractivity (Wildman–Crippen MR) is 122 cm³/mol. The number of hydrogen-bond acceptors (Lipinski definition) is 4. The summed E-state index contributed by atoms with van der Waals surface area (Å²) < 4.78 is 0. The minimum absolute atomic E-state index is 0.0248. The highest BCUT2D eigenvalue weighted by atomic mass is 35.5. The molecule has 6 nitrogen and oxygen atoms in total. The molecule has 3 N–H and O–H groups in total. The first-order chi connectivity index (χ1) is 15.1. The molecule has 0 aromatic heterocycles. The van der Waals surface area contributed by atoms with E-state index in [2.05, 4.69) is 28.1 Å². The highest BCUT2D eigenvalue weighted by Gasteiger charge is 2.30. The van der Waals surface area contributed by atoms with Crippen LogP contribution in [0.15, 0.2) is 48.5 Å². The van der Waals surface area contributed by atoms with Gasteiger partial charge in [0.1, 0.15) is 6.04 Å². The SMILES string of the molecule is O=C(NC(Cc1ccc(Cl)cc1)C(=O)N1CCCNCC1)C1Cc2ccccc2CN1. The molecule has 0 spiro atoms. The van der Waals surface area contributed by atoms with Crippen LogP contribution in [0.25, 0.3) is 0 Å². The first-order valence-electron chi connectivity index (χ1n) is 10.9. The number of nitrogens with zero attached hydrogens (tertiary/aromatic N) is 1. The molecule has 0 saturated carbocycles. The van der Waals surface area contributed by atoms with Gasteiger partial charge in [-0.1, -0.05) is 48.0 Å². The summed E-state index contributed by atoms with van der Waals surface area (Å²) in [5.74, 6) is -0.155. The average molecular weight is 441 g/mol. The van der Waals surface area contributed by atoms with Crippen LogP contribution in [-0.2, 0) is 29.0 Å². The van der Waals surface area contributed by atoms with Gasteiger partial charge in [0, 0.05) is 37.6 Å². The largest absolute Gasteiger partial charge is 0.343 e. The first-order valence-corrected chi connectivity index (χ1v) is 11.3. The number of nitrogens with one attached hydrogen (secondary N) is 3. The van der Waals surface area contributed by atoms with Crippen LogP contribution >= 0.6 is 11.6 Å². The number of amides is 2. The lowest BCUT2D eigenvalue weighted by Gasteiger charge is -2.30. The van der Waals surface area contributed by atoms with Gasteiger partial charge in [-0.25, -0.2) is 0 Å². The highest BCUT2D eigenvalue weighted by Crippen LogP contribution is 2.17. The third-order valence-electron chi connectivity index (χ3n) is 6.02. The molecule has 2 aromatic rings. The standard InChI is InChI=1S/C24H29ClN4O2/c25-20-8-6-17(7-9-20)14-22(24(31)29-12-3-10-26-11-13-29)28-23(30)21-15-18-4-1-2-5-19(18)16-27-21/h1-2,4-9,21-22,26-27H,3,10-16H2,(H,28,30). The monoisotopic (exact) mass is 440 g/mol. The Morgan fingerprint density at radius 3 is 2.65 bits per heavy atom. The van der Waals surface area contributed by atoms with Crippen LogP contribution in [0.1, 0.15) is 23.1 Å². The fraction of sp³-hybridized carbons (Fsp3) is 0.417. The molecule has 1 fully saturated rings. The molecule has 164 valence electrons. The molecule has 2 aromatic carbocycles. The van der Waals surface area contributed by atoms with Crippen LogP contribution in [0.4, 0.5) is 0 Å². The predicted octanol–water partition coefficient (Wildman–Crippen LogP) is 1.90. The van der Waals surface area contributed by atoms with Crippen molar-refractivity contribution in [1.29, 1.82) is 0 Å². The number of fused-ring (bicyclic) bond motifs is 1.